The van der Waals surface area contributed by atoms with Gasteiger partial charge < -0.3 is 10.2 Å². The third-order valence-electron chi connectivity index (χ3n) is 2.36. The van der Waals surface area contributed by atoms with Crippen LogP contribution in [0.5, 0.6) is 0 Å². The third-order valence-corrected chi connectivity index (χ3v) is 2.36. The van der Waals surface area contributed by atoms with Gasteiger partial charge in [0.25, 0.3) is 0 Å². The van der Waals surface area contributed by atoms with Crippen LogP contribution < -0.4 is 10.4 Å². The number of rotatable bonds is 1. The molecule has 0 atom stereocenters. The van der Waals surface area contributed by atoms with Crippen molar-refractivity contribution in [1.82, 2.24) is 4.90 Å². The Bertz CT molecular complexity index is 630. The predicted octanol–water partition coefficient (Wildman–Crippen LogP) is 0.411. The summed E-state index contributed by atoms with van der Waals surface area (Å²) < 4.78 is 0. The molecular weight excluding hydrogens is 222 g/mol. The minimum atomic E-state index is -1.09. The van der Waals surface area contributed by atoms with E-state index in [9.17, 15) is 9.59 Å². The lowest BCUT2D eigenvalue weighted by atomic mass is 10.1. The van der Waals surface area contributed by atoms with Gasteiger partial charge in [0.2, 0.25) is 0 Å². The first-order valence-corrected chi connectivity index (χ1v) is 4.83. The van der Waals surface area contributed by atoms with Gasteiger partial charge in [0, 0.05) is 12.4 Å². The highest BCUT2D eigenvalue weighted by Gasteiger charge is 2.07. The Morgan fingerprint density at radius 1 is 1.12 bits per heavy atom. The van der Waals surface area contributed by atoms with Gasteiger partial charge in [0.1, 0.15) is 0 Å². The van der Waals surface area contributed by atoms with Crippen molar-refractivity contribution in [2.75, 3.05) is 0 Å². The molecule has 5 heteroatoms. The lowest BCUT2D eigenvalue weighted by Crippen LogP contribution is -2.28. The van der Waals surface area contributed by atoms with E-state index in [4.69, 9.17) is 10.2 Å². The summed E-state index contributed by atoms with van der Waals surface area (Å²) in [5, 5.41) is 19.0. The van der Waals surface area contributed by atoms with E-state index in [0.29, 0.717) is 10.4 Å². The van der Waals surface area contributed by atoms with Crippen molar-refractivity contribution in [1.29, 1.82) is 0 Å². The molecule has 1 amide bonds. The number of carbonyl (C=O) groups is 2. The summed E-state index contributed by atoms with van der Waals surface area (Å²) in [6.45, 7) is 0. The molecule has 1 aromatic rings. The van der Waals surface area contributed by atoms with Crippen molar-refractivity contribution in [3.05, 3.63) is 46.5 Å². The van der Waals surface area contributed by atoms with Crippen LogP contribution in [0, 0.1) is 0 Å². The normalized spacial score (nSPS) is 13.1. The van der Waals surface area contributed by atoms with Gasteiger partial charge in [-0.2, -0.15) is 0 Å². The fourth-order valence-corrected chi connectivity index (χ4v) is 1.52. The van der Waals surface area contributed by atoms with Crippen LogP contribution in [0.3, 0.4) is 0 Å². The van der Waals surface area contributed by atoms with Crippen molar-refractivity contribution in [2.45, 2.75) is 0 Å². The number of amides is 1. The molecule has 0 aliphatic carbocycles. The monoisotopic (exact) mass is 231 g/mol. The van der Waals surface area contributed by atoms with Gasteiger partial charge >= 0.3 is 12.1 Å². The van der Waals surface area contributed by atoms with Crippen LogP contribution in [0.15, 0.2) is 30.5 Å². The zero-order valence-electron chi connectivity index (χ0n) is 8.70. The first-order valence-electron chi connectivity index (χ1n) is 4.83. The average Bonchev–Trinajstić information content (AvgIpc) is 2.49. The van der Waals surface area contributed by atoms with E-state index in [0.717, 1.165) is 4.90 Å². The fraction of sp³-hybridized carbons (Fsp3) is 0. The molecule has 0 radical (unpaired) electrons. The number of benzene rings is 1. The molecule has 2 N–H and O–H groups in total. The topological polar surface area (TPSA) is 77.8 Å². The highest BCUT2D eigenvalue weighted by atomic mass is 16.4. The molecule has 1 aliphatic rings. The molecule has 0 fully saturated rings. The lowest BCUT2D eigenvalue weighted by Gasteiger charge is -2.06. The van der Waals surface area contributed by atoms with Gasteiger partial charge in [-0.15, -0.1) is 0 Å². The summed E-state index contributed by atoms with van der Waals surface area (Å²) in [6, 6.07) is 4.53. The van der Waals surface area contributed by atoms with Gasteiger partial charge in [-0.1, -0.05) is 12.1 Å². The molecule has 0 unspecified atom stereocenters. The number of aromatic carboxylic acids is 1. The Balaban J connectivity index is 2.62. The Hall–Kier alpha value is -2.56. The molecule has 2 rings (SSSR count). The average molecular weight is 231 g/mol. The highest BCUT2D eigenvalue weighted by Crippen LogP contribution is 1.97. The lowest BCUT2D eigenvalue weighted by molar-refractivity contribution is 0.0696. The van der Waals surface area contributed by atoms with Crippen LogP contribution >= 0.6 is 0 Å². The maximum atomic E-state index is 10.8. The zero-order chi connectivity index (χ0) is 12.4. The van der Waals surface area contributed by atoms with Crippen molar-refractivity contribution in [3.8, 4) is 0 Å². The van der Waals surface area contributed by atoms with Crippen molar-refractivity contribution >= 4 is 24.3 Å². The van der Waals surface area contributed by atoms with Gasteiger partial charge in [-0.25, -0.2) is 9.59 Å². The summed E-state index contributed by atoms with van der Waals surface area (Å²) in [5.41, 5.74) is 0.172. The third kappa shape index (κ3) is 2.17. The molecule has 1 aromatic carbocycles. The van der Waals surface area contributed by atoms with Crippen LogP contribution in [-0.2, 0) is 0 Å². The summed E-state index contributed by atoms with van der Waals surface area (Å²) in [5.74, 6) is -1.01. The second-order valence-corrected chi connectivity index (χ2v) is 3.48. The maximum Gasteiger partial charge on any atom is 0.415 e. The van der Waals surface area contributed by atoms with Crippen LogP contribution in [0.25, 0.3) is 12.3 Å². The highest BCUT2D eigenvalue weighted by molar-refractivity contribution is 5.87. The molecule has 0 aromatic heterocycles. The van der Waals surface area contributed by atoms with E-state index in [2.05, 4.69) is 0 Å². The van der Waals surface area contributed by atoms with E-state index in [1.807, 2.05) is 0 Å². The Morgan fingerprint density at radius 3 is 2.53 bits per heavy atom. The molecule has 1 heterocycles. The number of carboxylic acids is 1. The maximum absolute atomic E-state index is 10.8. The largest absolute Gasteiger partial charge is 0.478 e. The fourth-order valence-electron chi connectivity index (χ4n) is 1.52. The standard InChI is InChI=1S/C12H9NO4/c14-11(15)9-3-4-10-7-13(12(16)17)5-1-2-8(10)6-9/h1-7H,(H,14,15)(H,16,17). The SMILES string of the molecule is O=C(O)c1ccc2c(c1)=CC=CN(C(=O)O)C=2. The second-order valence-electron chi connectivity index (χ2n) is 3.48. The first-order chi connectivity index (χ1) is 8.08. The minimum absolute atomic E-state index is 0.172. The molecule has 0 bridgehead atoms. The Labute approximate surface area is 96.2 Å². The molecule has 17 heavy (non-hydrogen) atoms. The molecule has 5 nitrogen and oxygen atoms in total. The number of allylic oxidation sites excluding steroid dienone is 1. The van der Waals surface area contributed by atoms with Gasteiger partial charge in [-0.3, -0.25) is 4.90 Å². The summed E-state index contributed by atoms with van der Waals surface area (Å²) >= 11 is 0. The first kappa shape index (κ1) is 10.9. The summed E-state index contributed by atoms with van der Waals surface area (Å²) in [6.07, 6.45) is 4.96. The van der Waals surface area contributed by atoms with E-state index in [1.165, 1.54) is 24.5 Å². The smallest absolute Gasteiger partial charge is 0.415 e. The van der Waals surface area contributed by atoms with Gasteiger partial charge in [-0.05, 0) is 28.6 Å². The van der Waals surface area contributed by atoms with Crippen molar-refractivity contribution < 1.29 is 19.8 Å². The number of nitrogens with zero attached hydrogens (tertiary/aromatic N) is 1. The number of fused-ring (bicyclic) bond motifs is 1. The van der Waals surface area contributed by atoms with Gasteiger partial charge in [0.05, 0.1) is 5.56 Å². The van der Waals surface area contributed by atoms with Crippen LogP contribution in [0.2, 0.25) is 0 Å². The molecule has 0 saturated carbocycles. The van der Waals surface area contributed by atoms with Crippen LogP contribution in [0.4, 0.5) is 4.79 Å². The van der Waals surface area contributed by atoms with E-state index in [1.54, 1.807) is 18.2 Å². The molecule has 1 aliphatic heterocycles. The second kappa shape index (κ2) is 4.13. The Kier molecular flexibility index (Phi) is 2.66. The Morgan fingerprint density at radius 2 is 1.88 bits per heavy atom. The molecule has 0 spiro atoms. The quantitative estimate of drug-likeness (QED) is 0.733. The minimum Gasteiger partial charge on any atom is -0.478 e. The molecular formula is C12H9NO4. The van der Waals surface area contributed by atoms with Crippen molar-refractivity contribution in [2.24, 2.45) is 0 Å². The number of carboxylic acid groups (broad SMARTS) is 2. The van der Waals surface area contributed by atoms with Crippen LogP contribution in [-0.4, -0.2) is 27.2 Å². The van der Waals surface area contributed by atoms with E-state index >= 15 is 0 Å². The predicted molar refractivity (Wildman–Crippen MR) is 60.6 cm³/mol. The number of hydrogen-bond acceptors (Lipinski definition) is 2. The summed E-state index contributed by atoms with van der Waals surface area (Å²) in [4.78, 5) is 22.6. The molecule has 0 saturated heterocycles. The number of hydrogen-bond donors (Lipinski definition) is 2. The van der Waals surface area contributed by atoms with Crippen molar-refractivity contribution in [3.63, 3.8) is 0 Å². The van der Waals surface area contributed by atoms with Crippen LogP contribution in [0.1, 0.15) is 10.4 Å². The summed E-state index contributed by atoms with van der Waals surface area (Å²) in [7, 11) is 0. The zero-order valence-corrected chi connectivity index (χ0v) is 8.70. The van der Waals surface area contributed by atoms with E-state index in [-0.39, 0.29) is 5.56 Å². The molecule has 86 valence electrons. The van der Waals surface area contributed by atoms with Gasteiger partial charge in [0.15, 0.2) is 0 Å². The van der Waals surface area contributed by atoms with E-state index < -0.39 is 12.1 Å².